The highest BCUT2D eigenvalue weighted by Gasteiger charge is 2.34. The van der Waals surface area contributed by atoms with Crippen LogP contribution in [0.25, 0.3) is 0 Å². The number of carbonyl (C=O) groups excluding carboxylic acids is 2. The highest BCUT2D eigenvalue weighted by molar-refractivity contribution is 7.89. The predicted molar refractivity (Wildman–Crippen MR) is 210 cm³/mol. The molecule has 288 valence electrons. The van der Waals surface area contributed by atoms with E-state index in [4.69, 9.17) is 5.11 Å². The number of sulfonamides is 1. The number of aromatic carboxylic acids is 1. The van der Waals surface area contributed by atoms with Crippen molar-refractivity contribution in [3.8, 4) is 0 Å². The van der Waals surface area contributed by atoms with E-state index in [1.165, 1.54) is 35.6 Å². The van der Waals surface area contributed by atoms with Gasteiger partial charge in [0.25, 0.3) is 11.8 Å². The Labute approximate surface area is 321 Å². The molecule has 4 N–H and O–H groups in total. The topological polar surface area (TPSA) is 173 Å². The molecular formula is C42H46N4O8S. The maximum atomic E-state index is 13.9. The molecule has 0 spiro atoms. The summed E-state index contributed by atoms with van der Waals surface area (Å²) in [6.07, 6.45) is 6.32. The summed E-state index contributed by atoms with van der Waals surface area (Å²) in [5.74, 6) is -3.31. The van der Waals surface area contributed by atoms with E-state index in [2.05, 4.69) is 15.5 Å². The van der Waals surface area contributed by atoms with Gasteiger partial charge >= 0.3 is 11.9 Å². The average molecular weight is 767 g/mol. The van der Waals surface area contributed by atoms with Gasteiger partial charge in [0.2, 0.25) is 10.0 Å². The Morgan fingerprint density at radius 3 is 1.98 bits per heavy atom. The molecule has 13 heteroatoms. The number of amides is 2. The fourth-order valence-electron chi connectivity index (χ4n) is 7.27. The van der Waals surface area contributed by atoms with Crippen molar-refractivity contribution in [2.45, 2.75) is 68.7 Å². The lowest BCUT2D eigenvalue weighted by molar-refractivity contribution is -0.143. The molecule has 12 nitrogen and oxygen atoms in total. The SMILES string of the molecule is CN(C1CCC(C(=O)O)CC1)S(=O)(=O)c1cccc(C(=O)Nc2ccc(N3CCCCC3)cc2C(=O)Nc2ccc(CCc3ccc(C(=O)O)cc3)cc2)c1. The zero-order valence-electron chi connectivity index (χ0n) is 30.7. The first-order chi connectivity index (χ1) is 26.4. The fourth-order valence-corrected chi connectivity index (χ4v) is 8.74. The maximum absolute atomic E-state index is 13.9. The summed E-state index contributed by atoms with van der Waals surface area (Å²) in [4.78, 5) is 52.3. The first-order valence-corrected chi connectivity index (χ1v) is 20.1. The van der Waals surface area contributed by atoms with Gasteiger partial charge in [-0.15, -0.1) is 0 Å². The van der Waals surface area contributed by atoms with Crippen LogP contribution < -0.4 is 15.5 Å². The van der Waals surface area contributed by atoms with Gasteiger partial charge in [-0.3, -0.25) is 14.4 Å². The minimum absolute atomic E-state index is 0.0547. The van der Waals surface area contributed by atoms with Crippen LogP contribution in [0.4, 0.5) is 17.1 Å². The lowest BCUT2D eigenvalue weighted by Crippen LogP contribution is -2.40. The van der Waals surface area contributed by atoms with E-state index in [0.29, 0.717) is 31.4 Å². The quantitative estimate of drug-likeness (QED) is 0.113. The van der Waals surface area contributed by atoms with Gasteiger partial charge in [0.1, 0.15) is 0 Å². The molecule has 0 aromatic heterocycles. The second-order valence-electron chi connectivity index (χ2n) is 14.3. The number of carboxylic acid groups (broad SMARTS) is 2. The lowest BCUT2D eigenvalue weighted by atomic mass is 9.86. The minimum Gasteiger partial charge on any atom is -0.481 e. The molecule has 1 heterocycles. The van der Waals surface area contributed by atoms with Crippen LogP contribution in [-0.2, 0) is 27.7 Å². The Morgan fingerprint density at radius 1 is 0.727 bits per heavy atom. The number of aliphatic carboxylic acids is 1. The molecule has 1 saturated heterocycles. The summed E-state index contributed by atoms with van der Waals surface area (Å²) in [6, 6.07) is 25.0. The van der Waals surface area contributed by atoms with Gasteiger partial charge in [-0.2, -0.15) is 4.31 Å². The number of carboxylic acids is 2. The molecule has 1 aliphatic carbocycles. The van der Waals surface area contributed by atoms with Crippen molar-refractivity contribution in [2.75, 3.05) is 35.7 Å². The standard InChI is InChI=1S/C42H46N4O8S/c1-45(34-20-16-31(17-21-34)42(51)52)55(53,54)36-7-5-6-32(26-36)39(47)44-38-23-22-35(46-24-3-2-4-25-46)27-37(38)40(48)43-33-18-12-29(13-19-33)9-8-28-10-14-30(15-11-28)41(49)50/h5-7,10-15,18-19,22-23,26-27,31,34H,2-4,8-9,16-17,20-21,24-25H2,1H3,(H,43,48)(H,44,47)(H,49,50)(H,51,52). The van der Waals surface area contributed by atoms with Crippen LogP contribution in [0.5, 0.6) is 0 Å². The second-order valence-corrected chi connectivity index (χ2v) is 16.3. The van der Waals surface area contributed by atoms with E-state index < -0.39 is 39.7 Å². The van der Waals surface area contributed by atoms with Crippen molar-refractivity contribution in [1.29, 1.82) is 0 Å². The minimum atomic E-state index is -3.99. The summed E-state index contributed by atoms with van der Waals surface area (Å²) in [6.45, 7) is 1.71. The normalized spacial score (nSPS) is 17.4. The van der Waals surface area contributed by atoms with Gasteiger partial charge in [-0.05, 0) is 130 Å². The first-order valence-electron chi connectivity index (χ1n) is 18.6. The van der Waals surface area contributed by atoms with Gasteiger partial charge < -0.3 is 25.7 Å². The number of aryl methyl sites for hydroxylation is 2. The van der Waals surface area contributed by atoms with Gasteiger partial charge in [-0.25, -0.2) is 13.2 Å². The Morgan fingerprint density at radius 2 is 1.36 bits per heavy atom. The summed E-state index contributed by atoms with van der Waals surface area (Å²) in [7, 11) is -2.50. The molecule has 1 saturated carbocycles. The van der Waals surface area contributed by atoms with Crippen molar-refractivity contribution in [3.05, 3.63) is 119 Å². The number of hydrogen-bond acceptors (Lipinski definition) is 7. The summed E-state index contributed by atoms with van der Waals surface area (Å²) in [5.41, 5.74) is 4.36. The largest absolute Gasteiger partial charge is 0.481 e. The number of nitrogens with one attached hydrogen (secondary N) is 2. The molecule has 0 unspecified atom stereocenters. The van der Waals surface area contributed by atoms with Gasteiger partial charge in [-0.1, -0.05) is 30.3 Å². The molecule has 1 aliphatic heterocycles. The second kappa shape index (κ2) is 17.3. The predicted octanol–water partition coefficient (Wildman–Crippen LogP) is 6.93. The molecule has 0 atom stereocenters. The fraction of sp³-hybridized carbons (Fsp3) is 0.333. The van der Waals surface area contributed by atoms with Crippen LogP contribution in [0.2, 0.25) is 0 Å². The van der Waals surface area contributed by atoms with Crippen LogP contribution in [0.1, 0.15) is 87.1 Å². The van der Waals surface area contributed by atoms with E-state index in [1.54, 1.807) is 24.3 Å². The van der Waals surface area contributed by atoms with E-state index in [9.17, 15) is 32.7 Å². The number of rotatable bonds is 13. The maximum Gasteiger partial charge on any atom is 0.335 e. The van der Waals surface area contributed by atoms with Crippen LogP contribution in [0, 0.1) is 5.92 Å². The molecule has 6 rings (SSSR count). The third-order valence-corrected chi connectivity index (χ3v) is 12.6. The van der Waals surface area contributed by atoms with Crippen molar-refractivity contribution < 1.29 is 37.8 Å². The van der Waals surface area contributed by atoms with Crippen LogP contribution >= 0.6 is 0 Å². The van der Waals surface area contributed by atoms with Crippen molar-refractivity contribution in [1.82, 2.24) is 4.31 Å². The highest BCUT2D eigenvalue weighted by atomic mass is 32.2. The zero-order valence-corrected chi connectivity index (χ0v) is 31.6. The number of piperidine rings is 1. The van der Waals surface area contributed by atoms with Crippen molar-refractivity contribution >= 4 is 50.8 Å². The molecule has 2 fully saturated rings. The van der Waals surface area contributed by atoms with Crippen LogP contribution in [0.15, 0.2) is 95.9 Å². The monoisotopic (exact) mass is 766 g/mol. The molecule has 4 aromatic carbocycles. The molecular weight excluding hydrogens is 721 g/mol. The Hall–Kier alpha value is -5.53. The van der Waals surface area contributed by atoms with Crippen molar-refractivity contribution in [2.24, 2.45) is 5.92 Å². The third-order valence-electron chi connectivity index (χ3n) is 10.7. The molecule has 4 aromatic rings. The lowest BCUT2D eigenvalue weighted by Gasteiger charge is -2.32. The number of anilines is 3. The summed E-state index contributed by atoms with van der Waals surface area (Å²) >= 11 is 0. The number of nitrogens with zero attached hydrogens (tertiary/aromatic N) is 2. The highest BCUT2D eigenvalue weighted by Crippen LogP contribution is 2.31. The Balaban J connectivity index is 1.16. The van der Waals surface area contributed by atoms with Crippen LogP contribution in [0.3, 0.4) is 0 Å². The molecule has 0 radical (unpaired) electrons. The van der Waals surface area contributed by atoms with E-state index in [-0.39, 0.29) is 33.3 Å². The third kappa shape index (κ3) is 9.59. The molecule has 2 aliphatic rings. The Bertz CT molecular complexity index is 2140. The van der Waals surface area contributed by atoms with Crippen molar-refractivity contribution in [3.63, 3.8) is 0 Å². The van der Waals surface area contributed by atoms with Gasteiger partial charge in [0.05, 0.1) is 27.6 Å². The molecule has 2 amide bonds. The number of carbonyl (C=O) groups is 4. The summed E-state index contributed by atoms with van der Waals surface area (Å²) < 4.78 is 28.6. The van der Waals surface area contributed by atoms with E-state index in [1.807, 2.05) is 42.5 Å². The van der Waals surface area contributed by atoms with E-state index >= 15 is 0 Å². The van der Waals surface area contributed by atoms with E-state index in [0.717, 1.165) is 62.0 Å². The first kappa shape index (κ1) is 39.2. The van der Waals surface area contributed by atoms with Crippen LogP contribution in [-0.4, -0.2) is 72.9 Å². The number of hydrogen-bond donors (Lipinski definition) is 4. The average Bonchev–Trinajstić information content (AvgIpc) is 3.21. The van der Waals surface area contributed by atoms with Gasteiger partial charge in [0.15, 0.2) is 0 Å². The molecule has 55 heavy (non-hydrogen) atoms. The Kier molecular flexibility index (Phi) is 12.3. The zero-order chi connectivity index (χ0) is 39.1. The van der Waals surface area contributed by atoms with Gasteiger partial charge in [0, 0.05) is 43.1 Å². The number of benzene rings is 4. The smallest absolute Gasteiger partial charge is 0.335 e. The molecule has 0 bridgehead atoms. The summed E-state index contributed by atoms with van der Waals surface area (Å²) in [5, 5.41) is 24.3.